The Hall–Kier alpha value is -3.26. The van der Waals surface area contributed by atoms with E-state index in [1.54, 1.807) is 31.4 Å². The molecular formula is C22H21FN4O3. The summed E-state index contributed by atoms with van der Waals surface area (Å²) in [6, 6.07) is 8.20. The summed E-state index contributed by atoms with van der Waals surface area (Å²) in [5.74, 6) is -0.534. The Balaban J connectivity index is 1.53. The maximum Gasteiger partial charge on any atom is 0.262 e. The van der Waals surface area contributed by atoms with E-state index in [2.05, 4.69) is 10.1 Å². The highest BCUT2D eigenvalue weighted by molar-refractivity contribution is 5.88. The van der Waals surface area contributed by atoms with Crippen LogP contribution in [0.15, 0.2) is 41.1 Å². The normalized spacial score (nSPS) is 21.4. The van der Waals surface area contributed by atoms with Gasteiger partial charge in [0.05, 0.1) is 17.6 Å². The summed E-state index contributed by atoms with van der Waals surface area (Å²) in [7, 11) is 1.61. The first-order chi connectivity index (χ1) is 14.4. The van der Waals surface area contributed by atoms with Gasteiger partial charge in [-0.2, -0.15) is 0 Å². The molecule has 0 bridgehead atoms. The highest BCUT2D eigenvalue weighted by Gasteiger charge is 2.48. The van der Waals surface area contributed by atoms with Gasteiger partial charge in [-0.25, -0.2) is 4.39 Å². The Labute approximate surface area is 172 Å². The number of nitrogens with zero attached hydrogens (tertiary/aromatic N) is 3. The van der Waals surface area contributed by atoms with Crippen LogP contribution in [-0.2, 0) is 10.4 Å². The quantitative estimate of drug-likeness (QED) is 0.687. The molecule has 30 heavy (non-hydrogen) atoms. The van der Waals surface area contributed by atoms with Gasteiger partial charge in [0.15, 0.2) is 5.76 Å². The first kappa shape index (κ1) is 18.7. The molecule has 1 aliphatic heterocycles. The Morgan fingerprint density at radius 1 is 1.27 bits per heavy atom. The van der Waals surface area contributed by atoms with E-state index < -0.39 is 17.3 Å². The van der Waals surface area contributed by atoms with E-state index in [9.17, 15) is 9.90 Å². The molecule has 0 unspecified atom stereocenters. The van der Waals surface area contributed by atoms with E-state index >= 15 is 4.39 Å². The maximum atomic E-state index is 15.4. The zero-order chi connectivity index (χ0) is 21.0. The van der Waals surface area contributed by atoms with Gasteiger partial charge in [-0.15, -0.1) is 0 Å². The largest absolute Gasteiger partial charge is 0.397 e. The number of hydrogen-bond acceptors (Lipinski definition) is 6. The third-order valence-electron chi connectivity index (χ3n) is 5.96. The average Bonchev–Trinajstić information content (AvgIpc) is 3.40. The van der Waals surface area contributed by atoms with Crippen LogP contribution in [0, 0.1) is 5.82 Å². The van der Waals surface area contributed by atoms with Crippen LogP contribution in [0.3, 0.4) is 0 Å². The maximum absolute atomic E-state index is 15.4. The Morgan fingerprint density at radius 2 is 2.00 bits per heavy atom. The number of nitrogen functional groups attached to an aromatic ring is 1. The van der Waals surface area contributed by atoms with Crippen molar-refractivity contribution in [1.82, 2.24) is 15.0 Å². The molecule has 1 atom stereocenters. The Morgan fingerprint density at radius 3 is 2.67 bits per heavy atom. The topological polar surface area (TPSA) is 105 Å². The summed E-state index contributed by atoms with van der Waals surface area (Å²) in [5, 5.41) is 14.7. The average molecular weight is 408 g/mol. The molecule has 8 heteroatoms. The van der Waals surface area contributed by atoms with Crippen LogP contribution in [0.5, 0.6) is 0 Å². The lowest BCUT2D eigenvalue weighted by Crippen LogP contribution is -2.35. The second-order valence-corrected chi connectivity index (χ2v) is 8.05. The molecular weight excluding hydrogens is 387 g/mol. The summed E-state index contributed by atoms with van der Waals surface area (Å²) in [6.07, 6.45) is 3.92. The van der Waals surface area contributed by atoms with Gasteiger partial charge in [-0.3, -0.25) is 9.78 Å². The van der Waals surface area contributed by atoms with E-state index in [1.165, 1.54) is 11.0 Å². The molecule has 1 saturated heterocycles. The fourth-order valence-electron chi connectivity index (χ4n) is 3.98. The minimum atomic E-state index is -1.77. The van der Waals surface area contributed by atoms with Crippen LogP contribution < -0.4 is 5.73 Å². The fraction of sp³-hybridized carbons (Fsp3) is 0.318. The predicted molar refractivity (Wildman–Crippen MR) is 108 cm³/mol. The van der Waals surface area contributed by atoms with E-state index in [4.69, 9.17) is 10.3 Å². The first-order valence-electron chi connectivity index (χ1n) is 9.88. The molecule has 1 amide bonds. The molecule has 5 rings (SSSR count). The highest BCUT2D eigenvalue weighted by atomic mass is 19.1. The van der Waals surface area contributed by atoms with Crippen molar-refractivity contribution in [1.29, 1.82) is 0 Å². The second kappa shape index (κ2) is 6.63. The molecule has 1 saturated carbocycles. The van der Waals surface area contributed by atoms with E-state index in [-0.39, 0.29) is 23.4 Å². The molecule has 3 N–H and O–H groups in total. The van der Waals surface area contributed by atoms with Crippen LogP contribution in [-0.4, -0.2) is 39.6 Å². The number of hydrogen-bond donors (Lipinski definition) is 2. The van der Waals surface area contributed by atoms with Crippen molar-refractivity contribution in [2.45, 2.75) is 30.8 Å². The number of benzene rings is 1. The van der Waals surface area contributed by atoms with Crippen LogP contribution in [0.25, 0.3) is 22.5 Å². The zero-order valence-electron chi connectivity index (χ0n) is 16.4. The first-order valence-corrected chi connectivity index (χ1v) is 9.88. The molecule has 154 valence electrons. The van der Waals surface area contributed by atoms with Crippen molar-refractivity contribution in [3.05, 3.63) is 53.7 Å². The highest BCUT2D eigenvalue weighted by Crippen LogP contribution is 2.44. The molecule has 2 aliphatic rings. The van der Waals surface area contributed by atoms with Crippen molar-refractivity contribution in [2.75, 3.05) is 19.3 Å². The smallest absolute Gasteiger partial charge is 0.262 e. The van der Waals surface area contributed by atoms with Crippen LogP contribution in [0.1, 0.15) is 36.5 Å². The van der Waals surface area contributed by atoms with Gasteiger partial charge in [-0.1, -0.05) is 11.2 Å². The van der Waals surface area contributed by atoms with E-state index in [0.29, 0.717) is 29.4 Å². The van der Waals surface area contributed by atoms with E-state index in [0.717, 1.165) is 18.4 Å². The van der Waals surface area contributed by atoms with Gasteiger partial charge < -0.3 is 20.3 Å². The number of aromatic nitrogens is 2. The fourth-order valence-corrected chi connectivity index (χ4v) is 3.98. The van der Waals surface area contributed by atoms with Gasteiger partial charge in [0.1, 0.15) is 11.5 Å². The zero-order valence-corrected chi connectivity index (χ0v) is 16.4. The number of likely N-dealkylation sites (N-methyl/N-ethyl adjacent to an activating group) is 1. The van der Waals surface area contributed by atoms with Crippen molar-refractivity contribution >= 4 is 11.6 Å². The second-order valence-electron chi connectivity index (χ2n) is 8.05. The van der Waals surface area contributed by atoms with Gasteiger partial charge in [0.25, 0.3) is 5.91 Å². The number of carbonyl (C=O) groups is 1. The Bertz CT molecular complexity index is 1160. The number of pyridine rings is 1. The number of rotatable bonds is 4. The number of nitrogens with two attached hydrogens (primary N) is 1. The molecule has 7 nitrogen and oxygen atoms in total. The third-order valence-corrected chi connectivity index (χ3v) is 5.96. The molecule has 2 aromatic heterocycles. The Kier molecular flexibility index (Phi) is 4.14. The molecule has 3 heterocycles. The number of aliphatic hydroxyl groups is 1. The van der Waals surface area contributed by atoms with Crippen molar-refractivity contribution in [3.8, 4) is 22.5 Å². The van der Waals surface area contributed by atoms with Crippen molar-refractivity contribution < 1.29 is 18.8 Å². The summed E-state index contributed by atoms with van der Waals surface area (Å²) < 4.78 is 20.7. The number of amides is 1. The van der Waals surface area contributed by atoms with Crippen LogP contribution >= 0.6 is 0 Å². The summed E-state index contributed by atoms with van der Waals surface area (Å²) >= 11 is 0. The lowest BCUT2D eigenvalue weighted by molar-refractivity contribution is -0.144. The van der Waals surface area contributed by atoms with Gasteiger partial charge in [0.2, 0.25) is 5.60 Å². The van der Waals surface area contributed by atoms with Crippen LogP contribution in [0.2, 0.25) is 0 Å². The van der Waals surface area contributed by atoms with Crippen LogP contribution in [0.4, 0.5) is 10.1 Å². The number of halogens is 1. The third kappa shape index (κ3) is 2.87. The lowest BCUT2D eigenvalue weighted by atomic mass is 9.97. The van der Waals surface area contributed by atoms with Gasteiger partial charge >= 0.3 is 0 Å². The lowest BCUT2D eigenvalue weighted by Gasteiger charge is -2.16. The molecule has 1 aliphatic carbocycles. The monoisotopic (exact) mass is 408 g/mol. The minimum Gasteiger partial charge on any atom is -0.397 e. The molecule has 3 aromatic rings. The summed E-state index contributed by atoms with van der Waals surface area (Å²) in [5.41, 5.74) is 7.12. The molecule has 2 fully saturated rings. The van der Waals surface area contributed by atoms with Gasteiger partial charge in [-0.05, 0) is 42.5 Å². The molecule has 0 spiro atoms. The predicted octanol–water partition coefficient (Wildman–Crippen LogP) is 3.05. The minimum absolute atomic E-state index is 0.0123. The summed E-state index contributed by atoms with van der Waals surface area (Å²) in [6.45, 7) is 0.404. The number of anilines is 1. The molecule has 1 aromatic carbocycles. The van der Waals surface area contributed by atoms with Crippen molar-refractivity contribution in [2.24, 2.45) is 0 Å². The summed E-state index contributed by atoms with van der Waals surface area (Å²) in [4.78, 5) is 18.0. The number of carbonyl (C=O) groups excluding carboxylic acids is 1. The number of likely N-dealkylation sites (tertiary alicyclic amines) is 1. The van der Waals surface area contributed by atoms with Crippen molar-refractivity contribution in [3.63, 3.8) is 0 Å². The molecule has 0 radical (unpaired) electrons. The SMILES string of the molecule is CN1CC[C@@](O)(c2cc(-c3cccc(-c4cc(C5CC5)c(N)cn4)c3F)no2)C1=O. The van der Waals surface area contributed by atoms with E-state index in [1.807, 2.05) is 6.07 Å². The van der Waals surface area contributed by atoms with Gasteiger partial charge in [0, 0.05) is 37.2 Å². The standard InChI is InChI=1S/C22H21FN4O3/c1-27-8-7-22(29,21(27)28)19-10-18(26-30-19)14-4-2-3-13(20(14)23)17-9-15(12-5-6-12)16(24)11-25-17/h2-4,9-12,29H,5-8,24H2,1H3/t22-/m1/s1.